The summed E-state index contributed by atoms with van der Waals surface area (Å²) in [4.78, 5) is 26.1. The molecular weight excluding hydrogens is 561 g/mol. The number of hydrogen-bond acceptors (Lipinski definition) is 3. The average molecular weight is 600 g/mol. The monoisotopic (exact) mass is 599 g/mol. The molecule has 0 saturated heterocycles. The lowest BCUT2D eigenvalue weighted by atomic mass is 9.87. The normalized spacial score (nSPS) is 20.5. The molecule has 3 rings (SSSR count). The van der Waals surface area contributed by atoms with Crippen molar-refractivity contribution >= 4 is 40.2 Å². The summed E-state index contributed by atoms with van der Waals surface area (Å²) in [7, 11) is 0. The van der Waals surface area contributed by atoms with Gasteiger partial charge in [0.15, 0.2) is 0 Å². The quantitative estimate of drug-likeness (QED) is 0.214. The molecule has 0 bridgehead atoms. The van der Waals surface area contributed by atoms with Crippen molar-refractivity contribution in [3.63, 3.8) is 0 Å². The Morgan fingerprint density at radius 2 is 1.64 bits per heavy atom. The SMILES string of the molecule is Cc1cccc(C(=O)OCc2ccccc2)ccc(NC(=O)C2CCCCC(I)CC(C)CC2)cc1. The smallest absolute Gasteiger partial charge is 0.338 e. The third-order valence-corrected chi connectivity index (χ3v) is 7.81. The third kappa shape index (κ3) is 9.92. The van der Waals surface area contributed by atoms with Gasteiger partial charge < -0.3 is 10.1 Å². The predicted octanol–water partition coefficient (Wildman–Crippen LogP) is 8.22. The lowest BCUT2D eigenvalue weighted by Crippen LogP contribution is -2.24. The van der Waals surface area contributed by atoms with Crippen molar-refractivity contribution in [1.82, 2.24) is 0 Å². The van der Waals surface area contributed by atoms with E-state index in [9.17, 15) is 9.59 Å². The molecule has 5 heteroatoms. The number of rotatable bonds is 5. The van der Waals surface area contributed by atoms with Crippen LogP contribution >= 0.6 is 22.6 Å². The van der Waals surface area contributed by atoms with E-state index < -0.39 is 5.97 Å². The number of amides is 1. The maximum atomic E-state index is 13.3. The number of halogens is 1. The summed E-state index contributed by atoms with van der Waals surface area (Å²) in [6, 6.07) is 22.5. The van der Waals surface area contributed by atoms with Gasteiger partial charge in [-0.3, -0.25) is 4.79 Å². The zero-order valence-corrected chi connectivity index (χ0v) is 23.6. The van der Waals surface area contributed by atoms with Gasteiger partial charge in [-0.1, -0.05) is 96.5 Å². The molecule has 0 aromatic heterocycles. The molecule has 192 valence electrons. The Morgan fingerprint density at radius 3 is 2.44 bits per heavy atom. The van der Waals surface area contributed by atoms with E-state index in [0.717, 1.165) is 40.7 Å². The van der Waals surface area contributed by atoms with Crippen LogP contribution in [0.4, 0.5) is 5.69 Å². The number of anilines is 1. The predicted molar refractivity (Wildman–Crippen MR) is 156 cm³/mol. The Hall–Kier alpha value is -2.41. The fraction of sp³-hybridized carbons (Fsp3) is 0.419. The molecule has 1 N–H and O–H groups in total. The van der Waals surface area contributed by atoms with E-state index in [1.54, 1.807) is 18.2 Å². The molecule has 36 heavy (non-hydrogen) atoms. The fourth-order valence-corrected chi connectivity index (χ4v) is 5.77. The molecule has 2 aromatic rings. The number of carbonyl (C=O) groups is 2. The number of esters is 1. The minimum atomic E-state index is -0.400. The molecule has 0 heterocycles. The Morgan fingerprint density at radius 1 is 0.889 bits per heavy atom. The van der Waals surface area contributed by atoms with E-state index in [1.165, 1.54) is 19.3 Å². The summed E-state index contributed by atoms with van der Waals surface area (Å²) in [5.74, 6) is 0.321. The molecule has 0 spiro atoms. The summed E-state index contributed by atoms with van der Waals surface area (Å²) >= 11 is 2.59. The van der Waals surface area contributed by atoms with Crippen LogP contribution in [0.25, 0.3) is 0 Å². The van der Waals surface area contributed by atoms with E-state index in [-0.39, 0.29) is 18.4 Å². The zero-order chi connectivity index (χ0) is 25.8. The van der Waals surface area contributed by atoms with Gasteiger partial charge in [0, 0.05) is 15.5 Å². The highest BCUT2D eigenvalue weighted by atomic mass is 127. The molecule has 1 aliphatic carbocycles. The van der Waals surface area contributed by atoms with Gasteiger partial charge in [0.05, 0.1) is 5.56 Å². The average Bonchev–Trinajstić information content (AvgIpc) is 2.87. The molecule has 0 radical (unpaired) electrons. The molecule has 1 saturated carbocycles. The first kappa shape index (κ1) is 28.2. The molecular formula is C31H38INO3. The second-order valence-electron chi connectivity index (χ2n) is 9.90. The lowest BCUT2D eigenvalue weighted by molar-refractivity contribution is -0.120. The maximum Gasteiger partial charge on any atom is 0.338 e. The Balaban J connectivity index is 1.75. The van der Waals surface area contributed by atoms with Crippen molar-refractivity contribution in [3.05, 3.63) is 89.5 Å². The topological polar surface area (TPSA) is 55.4 Å². The maximum absolute atomic E-state index is 13.3. The number of ether oxygens (including phenoxy) is 1. The van der Waals surface area contributed by atoms with Crippen LogP contribution in [0, 0.1) is 18.8 Å². The van der Waals surface area contributed by atoms with E-state index in [0.29, 0.717) is 17.2 Å². The van der Waals surface area contributed by atoms with Gasteiger partial charge in [0.1, 0.15) is 6.61 Å². The Labute approximate surface area is 229 Å². The standard InChI is InChI=1S/C31H38INO3/c1-23-9-8-13-27(31(35)36-22-25-10-4-3-5-11-25)18-20-29(19-16-23)33-30(34)26-12-6-7-14-28(32)21-24(2)15-17-26/h3-5,8-11,13,16,18-20,24,26,28H,6-7,12,14-15,17,21-22H2,1-2H3,(H,33,34). The number of alkyl halides is 1. The van der Waals surface area contributed by atoms with Gasteiger partial charge in [0.25, 0.3) is 0 Å². The number of aryl methyl sites for hydroxylation is 1. The molecule has 1 amide bonds. The van der Waals surface area contributed by atoms with Gasteiger partial charge in [0.2, 0.25) is 5.91 Å². The van der Waals surface area contributed by atoms with Gasteiger partial charge in [-0.25, -0.2) is 4.79 Å². The van der Waals surface area contributed by atoms with Crippen molar-refractivity contribution in [2.45, 2.75) is 69.3 Å². The first-order valence-electron chi connectivity index (χ1n) is 13.0. The van der Waals surface area contributed by atoms with Crippen LogP contribution in [-0.2, 0) is 16.1 Å². The highest BCUT2D eigenvalue weighted by molar-refractivity contribution is 14.1. The first-order chi connectivity index (χ1) is 17.4. The van der Waals surface area contributed by atoms with Crippen LogP contribution in [0.1, 0.15) is 73.4 Å². The second kappa shape index (κ2) is 15.0. The summed E-state index contributed by atoms with van der Waals surface area (Å²) in [6.45, 7) is 4.51. The molecule has 2 aromatic carbocycles. The summed E-state index contributed by atoms with van der Waals surface area (Å²) in [5, 5.41) is 3.14. The molecule has 1 fully saturated rings. The van der Waals surface area contributed by atoms with Crippen molar-refractivity contribution in [1.29, 1.82) is 0 Å². The first-order valence-corrected chi connectivity index (χ1v) is 14.3. The molecule has 3 unspecified atom stereocenters. The van der Waals surface area contributed by atoms with E-state index in [4.69, 9.17) is 4.74 Å². The van der Waals surface area contributed by atoms with Gasteiger partial charge >= 0.3 is 5.97 Å². The Bertz CT molecular complexity index is 1050. The van der Waals surface area contributed by atoms with Gasteiger partial charge in [-0.15, -0.1) is 0 Å². The minimum absolute atomic E-state index is 0.0127. The number of benzene rings is 1. The van der Waals surface area contributed by atoms with E-state index in [1.807, 2.05) is 61.5 Å². The van der Waals surface area contributed by atoms with Gasteiger partial charge in [-0.05, 0) is 74.8 Å². The summed E-state index contributed by atoms with van der Waals surface area (Å²) in [6.07, 6.45) is 7.66. The van der Waals surface area contributed by atoms with Crippen molar-refractivity contribution in [3.8, 4) is 0 Å². The van der Waals surface area contributed by atoms with Gasteiger partial charge in [-0.2, -0.15) is 0 Å². The van der Waals surface area contributed by atoms with Crippen LogP contribution in [0.5, 0.6) is 0 Å². The number of nitrogens with one attached hydrogen (secondary N) is 1. The second-order valence-corrected chi connectivity index (χ2v) is 11.7. The van der Waals surface area contributed by atoms with Crippen LogP contribution in [-0.4, -0.2) is 15.8 Å². The lowest BCUT2D eigenvalue weighted by Gasteiger charge is -2.23. The number of carbonyl (C=O) groups excluding carboxylic acids is 2. The van der Waals surface area contributed by atoms with Crippen LogP contribution in [0.3, 0.4) is 0 Å². The van der Waals surface area contributed by atoms with Crippen LogP contribution in [0.15, 0.2) is 72.8 Å². The minimum Gasteiger partial charge on any atom is -0.457 e. The van der Waals surface area contributed by atoms with Crippen LogP contribution in [0.2, 0.25) is 0 Å². The van der Waals surface area contributed by atoms with E-state index >= 15 is 0 Å². The Kier molecular flexibility index (Phi) is 11.7. The highest BCUT2D eigenvalue weighted by Gasteiger charge is 2.22. The zero-order valence-electron chi connectivity index (χ0n) is 21.4. The van der Waals surface area contributed by atoms with Crippen molar-refractivity contribution in [2.75, 3.05) is 5.32 Å². The third-order valence-electron chi connectivity index (χ3n) is 6.68. The fourth-order valence-electron chi connectivity index (χ4n) is 4.46. The summed E-state index contributed by atoms with van der Waals surface area (Å²) in [5.41, 5.74) is 3.06. The van der Waals surface area contributed by atoms with Crippen molar-refractivity contribution in [2.24, 2.45) is 11.8 Å². The number of hydrogen-bond donors (Lipinski definition) is 1. The van der Waals surface area contributed by atoms with Crippen molar-refractivity contribution < 1.29 is 14.3 Å². The highest BCUT2D eigenvalue weighted by Crippen LogP contribution is 2.29. The molecule has 0 aliphatic heterocycles. The largest absolute Gasteiger partial charge is 0.457 e. The van der Waals surface area contributed by atoms with E-state index in [2.05, 4.69) is 34.8 Å². The molecule has 3 atom stereocenters. The molecule has 4 nitrogen and oxygen atoms in total. The van der Waals surface area contributed by atoms with Crippen LogP contribution < -0.4 is 5.32 Å². The molecule has 1 aliphatic rings. The summed E-state index contributed by atoms with van der Waals surface area (Å²) < 4.78 is 6.27.